The number of nitrogens with one attached hydrogen (secondary N) is 1. The molecule has 25 heavy (non-hydrogen) atoms. The summed E-state index contributed by atoms with van der Waals surface area (Å²) < 4.78 is 25.4. The quantitative estimate of drug-likeness (QED) is 0.559. The Morgan fingerprint density at radius 2 is 1.76 bits per heavy atom. The second kappa shape index (κ2) is 7.27. The van der Waals surface area contributed by atoms with Crippen molar-refractivity contribution in [1.29, 1.82) is 0 Å². The fraction of sp³-hybridized carbons (Fsp3) is 0.118. The van der Waals surface area contributed by atoms with Gasteiger partial charge < -0.3 is 9.47 Å². The van der Waals surface area contributed by atoms with Crippen molar-refractivity contribution in [3.05, 3.63) is 58.6 Å². The van der Waals surface area contributed by atoms with Crippen molar-refractivity contribution >= 4 is 18.4 Å². The van der Waals surface area contributed by atoms with Crippen molar-refractivity contribution in [3.8, 4) is 22.9 Å². The molecule has 0 saturated heterocycles. The van der Waals surface area contributed by atoms with E-state index in [1.807, 2.05) is 12.1 Å². The zero-order valence-corrected chi connectivity index (χ0v) is 14.4. The highest BCUT2D eigenvalue weighted by Gasteiger charge is 2.08. The Morgan fingerprint density at radius 3 is 2.36 bits per heavy atom. The van der Waals surface area contributed by atoms with E-state index in [4.69, 9.17) is 21.7 Å². The van der Waals surface area contributed by atoms with Crippen LogP contribution in [-0.4, -0.2) is 35.3 Å². The molecule has 0 unspecified atom stereocenters. The fourth-order valence-corrected chi connectivity index (χ4v) is 2.39. The van der Waals surface area contributed by atoms with Gasteiger partial charge in [0.2, 0.25) is 4.77 Å². The molecule has 3 rings (SSSR count). The van der Waals surface area contributed by atoms with Crippen LogP contribution < -0.4 is 9.47 Å². The summed E-state index contributed by atoms with van der Waals surface area (Å²) in [5.41, 5.74) is 1.46. The molecule has 0 fully saturated rings. The molecule has 0 aliphatic carbocycles. The van der Waals surface area contributed by atoms with E-state index in [2.05, 4.69) is 15.3 Å². The Labute approximate surface area is 148 Å². The first-order chi connectivity index (χ1) is 12.1. The van der Waals surface area contributed by atoms with E-state index in [0.717, 1.165) is 5.56 Å². The molecule has 1 heterocycles. The van der Waals surface area contributed by atoms with Crippen LogP contribution in [0.5, 0.6) is 11.5 Å². The van der Waals surface area contributed by atoms with Gasteiger partial charge in [0.25, 0.3) is 0 Å². The number of hydrogen-bond donors (Lipinski definition) is 1. The number of aromatic amines is 1. The highest BCUT2D eigenvalue weighted by molar-refractivity contribution is 7.71. The summed E-state index contributed by atoms with van der Waals surface area (Å²) in [7, 11) is 3.16. The number of halogens is 1. The lowest BCUT2D eigenvalue weighted by Gasteiger charge is -2.05. The predicted octanol–water partition coefficient (Wildman–Crippen LogP) is 3.65. The third-order valence-electron chi connectivity index (χ3n) is 3.45. The number of ether oxygens (including phenoxy) is 2. The molecular formula is C17H15FN4O2S. The average Bonchev–Trinajstić information content (AvgIpc) is 3.00. The molecule has 0 saturated carbocycles. The van der Waals surface area contributed by atoms with Gasteiger partial charge in [0.05, 0.1) is 20.4 Å². The number of nitrogens with zero attached hydrogens (tertiary/aromatic N) is 3. The molecule has 2 aromatic carbocycles. The summed E-state index contributed by atoms with van der Waals surface area (Å²) in [6.45, 7) is 0. The van der Waals surface area contributed by atoms with Crippen molar-refractivity contribution in [2.45, 2.75) is 0 Å². The number of rotatable bonds is 5. The first-order valence-electron chi connectivity index (χ1n) is 7.31. The third-order valence-corrected chi connectivity index (χ3v) is 3.71. The smallest absolute Gasteiger partial charge is 0.216 e. The maximum absolute atomic E-state index is 13.1. The fourth-order valence-electron chi connectivity index (χ4n) is 2.21. The van der Waals surface area contributed by atoms with Crippen LogP contribution in [0.15, 0.2) is 47.6 Å². The molecule has 1 aromatic heterocycles. The maximum atomic E-state index is 13.1. The molecule has 0 radical (unpaired) electrons. The Hall–Kier alpha value is -3.00. The van der Waals surface area contributed by atoms with Gasteiger partial charge in [-0.25, -0.2) is 9.49 Å². The van der Waals surface area contributed by atoms with Crippen molar-refractivity contribution in [3.63, 3.8) is 0 Å². The summed E-state index contributed by atoms with van der Waals surface area (Å²) >= 11 is 5.22. The van der Waals surface area contributed by atoms with E-state index in [0.29, 0.717) is 27.7 Å². The molecule has 1 N–H and O–H groups in total. The van der Waals surface area contributed by atoms with E-state index in [1.165, 1.54) is 16.8 Å². The highest BCUT2D eigenvalue weighted by Crippen LogP contribution is 2.22. The summed E-state index contributed by atoms with van der Waals surface area (Å²) in [5.74, 6) is 1.46. The largest absolute Gasteiger partial charge is 0.497 e. The molecule has 0 bridgehead atoms. The minimum absolute atomic E-state index is 0.323. The van der Waals surface area contributed by atoms with Gasteiger partial charge in [-0.2, -0.15) is 14.9 Å². The Morgan fingerprint density at radius 1 is 1.12 bits per heavy atom. The Balaban J connectivity index is 1.98. The molecule has 128 valence electrons. The van der Waals surface area contributed by atoms with E-state index in [9.17, 15) is 4.39 Å². The van der Waals surface area contributed by atoms with Gasteiger partial charge >= 0.3 is 0 Å². The third kappa shape index (κ3) is 3.74. The summed E-state index contributed by atoms with van der Waals surface area (Å²) in [6.07, 6.45) is 1.61. The van der Waals surface area contributed by atoms with Crippen LogP contribution in [0.2, 0.25) is 0 Å². The number of methoxy groups -OCH3 is 2. The van der Waals surface area contributed by atoms with Crippen LogP contribution in [0.1, 0.15) is 5.56 Å². The lowest BCUT2D eigenvalue weighted by molar-refractivity contribution is 0.394. The zero-order chi connectivity index (χ0) is 17.8. The van der Waals surface area contributed by atoms with Crippen LogP contribution >= 0.6 is 12.2 Å². The van der Waals surface area contributed by atoms with Crippen molar-refractivity contribution in [1.82, 2.24) is 14.9 Å². The molecule has 0 aliphatic heterocycles. The second-order valence-corrected chi connectivity index (χ2v) is 5.45. The van der Waals surface area contributed by atoms with Gasteiger partial charge in [-0.15, -0.1) is 0 Å². The SMILES string of the molecule is COc1cc(/C=N\n2c(-c3ccc(F)cc3)n[nH]c2=S)cc(OC)c1. The van der Waals surface area contributed by atoms with E-state index in [-0.39, 0.29) is 5.82 Å². The van der Waals surface area contributed by atoms with E-state index < -0.39 is 0 Å². The van der Waals surface area contributed by atoms with Gasteiger partial charge in [-0.1, -0.05) is 0 Å². The van der Waals surface area contributed by atoms with E-state index >= 15 is 0 Å². The summed E-state index contributed by atoms with van der Waals surface area (Å²) in [5, 5.41) is 11.2. The topological polar surface area (TPSA) is 64.4 Å². The van der Waals surface area contributed by atoms with Crippen molar-refractivity contribution in [2.75, 3.05) is 14.2 Å². The number of aromatic nitrogens is 3. The first-order valence-corrected chi connectivity index (χ1v) is 7.72. The molecule has 6 nitrogen and oxygen atoms in total. The van der Waals surface area contributed by atoms with Gasteiger partial charge in [0.15, 0.2) is 5.82 Å². The molecule has 0 spiro atoms. The minimum Gasteiger partial charge on any atom is -0.497 e. The van der Waals surface area contributed by atoms with Gasteiger partial charge in [0.1, 0.15) is 17.3 Å². The Bertz CT molecular complexity index is 941. The van der Waals surface area contributed by atoms with Crippen LogP contribution in [-0.2, 0) is 0 Å². The van der Waals surface area contributed by atoms with Crippen molar-refractivity contribution in [2.24, 2.45) is 5.10 Å². The van der Waals surface area contributed by atoms with Gasteiger partial charge in [-0.05, 0) is 48.6 Å². The average molecular weight is 358 g/mol. The van der Waals surface area contributed by atoms with Crippen LogP contribution in [0.25, 0.3) is 11.4 Å². The number of hydrogen-bond acceptors (Lipinski definition) is 5. The molecule has 0 atom stereocenters. The van der Waals surface area contributed by atoms with E-state index in [1.54, 1.807) is 38.6 Å². The number of H-pyrrole nitrogens is 1. The predicted molar refractivity (Wildman–Crippen MR) is 95.3 cm³/mol. The zero-order valence-electron chi connectivity index (χ0n) is 13.6. The van der Waals surface area contributed by atoms with Crippen LogP contribution in [0, 0.1) is 10.6 Å². The molecule has 8 heteroatoms. The standard InChI is InChI=1S/C17H15FN4O2S/c1-23-14-7-11(8-15(9-14)24-2)10-19-22-16(20-21-17(22)25)12-3-5-13(18)6-4-12/h3-10H,1-2H3,(H,21,25)/b19-10-. The second-order valence-electron chi connectivity index (χ2n) is 5.06. The lowest BCUT2D eigenvalue weighted by atomic mass is 10.2. The Kier molecular flexibility index (Phi) is 4.90. The monoisotopic (exact) mass is 358 g/mol. The van der Waals surface area contributed by atoms with Gasteiger partial charge in [-0.3, -0.25) is 0 Å². The van der Waals surface area contributed by atoms with Crippen LogP contribution in [0.4, 0.5) is 4.39 Å². The lowest BCUT2D eigenvalue weighted by Crippen LogP contribution is -1.96. The van der Waals surface area contributed by atoms with Gasteiger partial charge in [0, 0.05) is 17.2 Å². The maximum Gasteiger partial charge on any atom is 0.216 e. The molecule has 3 aromatic rings. The highest BCUT2D eigenvalue weighted by atomic mass is 32.1. The minimum atomic E-state index is -0.323. The van der Waals surface area contributed by atoms with Crippen LogP contribution in [0.3, 0.4) is 0 Å². The molecule has 0 amide bonds. The first kappa shape index (κ1) is 16.8. The summed E-state index contributed by atoms with van der Waals surface area (Å²) in [6, 6.07) is 11.3. The number of benzene rings is 2. The normalized spacial score (nSPS) is 11.0. The van der Waals surface area contributed by atoms with Crippen molar-refractivity contribution < 1.29 is 13.9 Å². The molecular weight excluding hydrogens is 343 g/mol. The molecule has 0 aliphatic rings. The summed E-state index contributed by atoms with van der Waals surface area (Å²) in [4.78, 5) is 0.